The molecule has 0 unspecified atom stereocenters. The topological polar surface area (TPSA) is 88.9 Å². The van der Waals surface area contributed by atoms with E-state index in [-0.39, 0.29) is 22.4 Å². The zero-order valence-corrected chi connectivity index (χ0v) is 29.9. The van der Waals surface area contributed by atoms with Crippen molar-refractivity contribution < 1.29 is 13.2 Å². The lowest BCUT2D eigenvalue weighted by atomic mass is 10.0. The number of benzene rings is 3. The van der Waals surface area contributed by atoms with Gasteiger partial charge in [0.15, 0.2) is 12.2 Å². The van der Waals surface area contributed by atoms with Crippen molar-refractivity contribution >= 4 is 52.6 Å². The van der Waals surface area contributed by atoms with Crippen molar-refractivity contribution in [2.45, 2.75) is 57.8 Å². The van der Waals surface area contributed by atoms with Crippen molar-refractivity contribution in [2.75, 3.05) is 0 Å². The molecule has 1 atom stereocenters. The minimum absolute atomic E-state index is 0.000438. The number of nitriles is 1. The molecule has 0 spiro atoms. The van der Waals surface area contributed by atoms with Crippen molar-refractivity contribution in [3.63, 3.8) is 0 Å². The van der Waals surface area contributed by atoms with Gasteiger partial charge in [-0.05, 0) is 88.4 Å². The first kappa shape index (κ1) is 33.6. The molecule has 5 aromatic rings. The number of nitrogens with zero attached hydrogens (tertiary/aromatic N) is 6. The van der Waals surface area contributed by atoms with Crippen LogP contribution < -0.4 is 0 Å². The van der Waals surface area contributed by atoms with Crippen molar-refractivity contribution in [1.29, 1.82) is 5.26 Å². The van der Waals surface area contributed by atoms with Crippen LogP contribution in [0, 0.1) is 29.5 Å². The van der Waals surface area contributed by atoms with Gasteiger partial charge in [-0.3, -0.25) is 0 Å². The van der Waals surface area contributed by atoms with Gasteiger partial charge in [0.1, 0.15) is 32.7 Å². The van der Waals surface area contributed by atoms with Crippen molar-refractivity contribution in [3.8, 4) is 37.8 Å². The Balaban J connectivity index is 0.000000232. The molecule has 0 N–H and O–H groups in total. The number of hydrogen-bond acceptors (Lipinski definition) is 8. The first-order valence-corrected chi connectivity index (χ1v) is 19.6. The maximum Gasteiger partial charge on any atom is 0.222 e. The van der Waals surface area contributed by atoms with Crippen LogP contribution in [0.5, 0.6) is 0 Å². The van der Waals surface area contributed by atoms with Gasteiger partial charge in [0.2, 0.25) is 5.69 Å². The number of aromatic nitrogens is 4. The van der Waals surface area contributed by atoms with E-state index in [1.165, 1.54) is 58.1 Å². The monoisotopic (exact) mass is 734 g/mol. The first-order valence-electron chi connectivity index (χ1n) is 14.3. The Hall–Kier alpha value is -3.72. The van der Waals surface area contributed by atoms with Crippen LogP contribution in [0.25, 0.3) is 36.6 Å². The van der Waals surface area contributed by atoms with Gasteiger partial charge in [-0.1, -0.05) is 67.7 Å². The van der Waals surface area contributed by atoms with Crippen LogP contribution >= 0.6 is 38.6 Å². The van der Waals surface area contributed by atoms with E-state index in [4.69, 9.17) is 16.3 Å². The van der Waals surface area contributed by atoms with Gasteiger partial charge in [0, 0.05) is 16.7 Å². The fourth-order valence-electron chi connectivity index (χ4n) is 4.72. The Kier molecular flexibility index (Phi) is 9.91. The van der Waals surface area contributed by atoms with E-state index in [0.29, 0.717) is 25.1 Å². The molecular formula is C33H29BrF2N6OS2Si. The molecule has 1 aliphatic rings. The third-order valence-corrected chi connectivity index (χ3v) is 15.1. The quantitative estimate of drug-likeness (QED) is 0.132. The van der Waals surface area contributed by atoms with E-state index < -0.39 is 20.0 Å². The summed E-state index contributed by atoms with van der Waals surface area (Å²) in [5.74, 6) is -1.04. The van der Waals surface area contributed by atoms with E-state index in [0.717, 1.165) is 23.4 Å². The van der Waals surface area contributed by atoms with Gasteiger partial charge >= 0.3 is 0 Å². The summed E-state index contributed by atoms with van der Waals surface area (Å²) in [6.07, 6.45) is 2.07. The highest BCUT2D eigenvalue weighted by Crippen LogP contribution is 2.46. The van der Waals surface area contributed by atoms with Crippen LogP contribution in [-0.4, -0.2) is 28.7 Å². The van der Waals surface area contributed by atoms with Crippen LogP contribution in [0.15, 0.2) is 58.5 Å². The number of hydrogen-bond donors (Lipinski definition) is 0. The van der Waals surface area contributed by atoms with E-state index in [1.807, 2.05) is 0 Å². The number of halogens is 3. The summed E-state index contributed by atoms with van der Waals surface area (Å²) in [4.78, 5) is 3.24. The molecule has 13 heteroatoms. The molecule has 1 aliphatic carbocycles. The highest BCUT2D eigenvalue weighted by Gasteiger charge is 2.41. The van der Waals surface area contributed by atoms with E-state index in [1.54, 1.807) is 18.2 Å². The molecule has 0 radical (unpaired) electrons. The van der Waals surface area contributed by atoms with E-state index >= 15 is 0 Å². The molecule has 0 saturated carbocycles. The summed E-state index contributed by atoms with van der Waals surface area (Å²) in [5, 5.41) is 27.4. The zero-order chi connectivity index (χ0) is 33.2. The second-order valence-corrected chi connectivity index (χ2v) is 20.1. The minimum Gasteiger partial charge on any atom is -0.410 e. The first-order chi connectivity index (χ1) is 21.8. The molecule has 46 heavy (non-hydrogen) atoms. The third-order valence-electron chi connectivity index (χ3n) is 8.16. The zero-order valence-electron chi connectivity index (χ0n) is 25.7. The van der Waals surface area contributed by atoms with Crippen LogP contribution in [0.3, 0.4) is 0 Å². The highest BCUT2D eigenvalue weighted by molar-refractivity contribution is 9.11. The van der Waals surface area contributed by atoms with Crippen LogP contribution in [0.1, 0.15) is 50.0 Å². The molecule has 0 bridgehead atoms. The summed E-state index contributed by atoms with van der Waals surface area (Å²) in [6, 6.07) is 16.9. The third kappa shape index (κ3) is 7.14. The molecule has 0 amide bonds. The summed E-state index contributed by atoms with van der Waals surface area (Å²) in [5.41, 5.74) is 5.06. The molecule has 0 fully saturated rings. The van der Waals surface area contributed by atoms with Gasteiger partial charge in [-0.15, -0.1) is 20.4 Å². The van der Waals surface area contributed by atoms with Crippen LogP contribution in [0.4, 0.5) is 14.5 Å². The predicted molar refractivity (Wildman–Crippen MR) is 184 cm³/mol. The number of rotatable bonds is 5. The number of fused-ring (bicyclic) bond motifs is 1. The normalized spacial score (nSPS) is 14.2. The Morgan fingerprint density at radius 2 is 1.61 bits per heavy atom. The molecule has 2 aromatic heterocycles. The molecule has 3 aromatic carbocycles. The molecular weight excluding hydrogens is 707 g/mol. The van der Waals surface area contributed by atoms with Crippen LogP contribution in [0.2, 0.25) is 18.1 Å². The van der Waals surface area contributed by atoms with Crippen molar-refractivity contribution in [3.05, 3.63) is 98.3 Å². The summed E-state index contributed by atoms with van der Waals surface area (Å²) in [6.45, 7) is 18.5. The SMILES string of the molecule is N#Cc1cc(-c2nnc(Br)s2)ccc1F.[C-]#[N+]c1cc(-c2nnc(-c3cccc4c3CC[C@@H]4O[Si](C)(C)C(C)(C)C)s2)ccc1F. The average Bonchev–Trinajstić information content (AvgIpc) is 3.78. The second-order valence-electron chi connectivity index (χ2n) is 12.1. The standard InChI is InChI=1S/C24H26FN3OSSi.C9H3BrFN3S/c1-24(2,3)31(5,6)29-21-13-11-16-17(21)8-7-9-18(16)23-28-27-22(30-23)15-10-12-19(25)20(14-15)26-4;10-9-14-13-8(15-9)5-1-2-7(11)6(3-5)4-12/h7-10,12,14,21H,11,13H2,1-3,5-6H3;1-3H/t21-;/m0./s1. The minimum atomic E-state index is -1.87. The Bertz CT molecular complexity index is 1990. The lowest BCUT2D eigenvalue weighted by molar-refractivity contribution is 0.185. The molecule has 0 aliphatic heterocycles. The van der Waals surface area contributed by atoms with E-state index in [9.17, 15) is 8.78 Å². The summed E-state index contributed by atoms with van der Waals surface area (Å²) >= 11 is 5.98. The second kappa shape index (κ2) is 13.6. The average molecular weight is 736 g/mol. The van der Waals surface area contributed by atoms with Crippen LogP contribution in [-0.2, 0) is 10.8 Å². The molecule has 2 heterocycles. The maximum absolute atomic E-state index is 13.7. The highest BCUT2D eigenvalue weighted by atomic mass is 79.9. The van der Waals surface area contributed by atoms with Crippen molar-refractivity contribution in [2.24, 2.45) is 0 Å². The lowest BCUT2D eigenvalue weighted by Crippen LogP contribution is -2.41. The lowest BCUT2D eigenvalue weighted by Gasteiger charge is -2.38. The van der Waals surface area contributed by atoms with Crippen molar-refractivity contribution in [1.82, 2.24) is 20.4 Å². The van der Waals surface area contributed by atoms with Gasteiger partial charge < -0.3 is 4.43 Å². The fourth-order valence-corrected chi connectivity index (χ4v) is 8.03. The van der Waals surface area contributed by atoms with Gasteiger partial charge in [-0.25, -0.2) is 13.6 Å². The fraction of sp³-hybridized carbons (Fsp3) is 0.273. The van der Waals surface area contributed by atoms with Gasteiger partial charge in [0.05, 0.1) is 18.2 Å². The van der Waals surface area contributed by atoms with E-state index in [2.05, 4.69) is 93.2 Å². The predicted octanol–water partition coefficient (Wildman–Crippen LogP) is 10.5. The van der Waals surface area contributed by atoms with Gasteiger partial charge in [-0.2, -0.15) is 5.26 Å². The molecule has 234 valence electrons. The smallest absolute Gasteiger partial charge is 0.222 e. The Morgan fingerprint density at radius 3 is 2.26 bits per heavy atom. The molecule has 6 rings (SSSR count). The molecule has 7 nitrogen and oxygen atoms in total. The largest absolute Gasteiger partial charge is 0.410 e. The maximum atomic E-state index is 13.7. The summed E-state index contributed by atoms with van der Waals surface area (Å²) in [7, 11) is -1.87. The molecule has 0 saturated heterocycles. The Labute approximate surface area is 284 Å². The van der Waals surface area contributed by atoms with Gasteiger partial charge in [0.25, 0.3) is 0 Å². The Morgan fingerprint density at radius 1 is 0.957 bits per heavy atom. The summed E-state index contributed by atoms with van der Waals surface area (Å²) < 4.78 is 34.1.